The summed E-state index contributed by atoms with van der Waals surface area (Å²) in [4.78, 5) is 32.4. The van der Waals surface area contributed by atoms with Gasteiger partial charge in [0.1, 0.15) is 5.69 Å². The number of methoxy groups -OCH3 is 1. The van der Waals surface area contributed by atoms with E-state index in [4.69, 9.17) is 0 Å². The lowest BCUT2D eigenvalue weighted by atomic mass is 10.1. The second-order valence-corrected chi connectivity index (χ2v) is 6.16. The number of benzene rings is 2. The van der Waals surface area contributed by atoms with Gasteiger partial charge >= 0.3 is 5.97 Å². The lowest BCUT2D eigenvalue weighted by molar-refractivity contribution is 0.0600. The van der Waals surface area contributed by atoms with Gasteiger partial charge in [0.2, 0.25) is 5.95 Å². The number of aryl methyl sites for hydroxylation is 1. The number of aromatic nitrogens is 2. The minimum Gasteiger partial charge on any atom is -0.465 e. The van der Waals surface area contributed by atoms with Gasteiger partial charge in [-0.15, -0.1) is 0 Å². The molecule has 7 heteroatoms. The summed E-state index contributed by atoms with van der Waals surface area (Å²) in [6.07, 6.45) is 1.51. The first kappa shape index (κ1) is 19.0. The highest BCUT2D eigenvalue weighted by atomic mass is 16.5. The summed E-state index contributed by atoms with van der Waals surface area (Å²) < 4.78 is 4.67. The monoisotopic (exact) mass is 376 g/mol. The minimum atomic E-state index is -0.409. The summed E-state index contributed by atoms with van der Waals surface area (Å²) in [5.41, 5.74) is 4.21. The van der Waals surface area contributed by atoms with Gasteiger partial charge in [0, 0.05) is 17.6 Å². The maximum atomic E-state index is 12.6. The molecule has 7 nitrogen and oxygen atoms in total. The van der Waals surface area contributed by atoms with E-state index >= 15 is 0 Å². The minimum absolute atomic E-state index is 0.240. The van der Waals surface area contributed by atoms with Crippen molar-refractivity contribution in [3.05, 3.63) is 77.1 Å². The average molecular weight is 376 g/mol. The molecule has 0 saturated carbocycles. The van der Waals surface area contributed by atoms with E-state index in [9.17, 15) is 9.59 Å². The van der Waals surface area contributed by atoms with Gasteiger partial charge in [0.15, 0.2) is 0 Å². The van der Waals surface area contributed by atoms with E-state index in [1.807, 2.05) is 32.0 Å². The SMILES string of the molecule is COC(=O)c1ccc(Nc2nccc(C(=O)Nc3cccc(C)c3C)n2)cc1. The van der Waals surface area contributed by atoms with Crippen molar-refractivity contribution in [1.82, 2.24) is 9.97 Å². The van der Waals surface area contributed by atoms with Gasteiger partial charge in [-0.2, -0.15) is 0 Å². The van der Waals surface area contributed by atoms with E-state index in [0.717, 1.165) is 16.8 Å². The van der Waals surface area contributed by atoms with Crippen molar-refractivity contribution in [3.63, 3.8) is 0 Å². The van der Waals surface area contributed by atoms with E-state index < -0.39 is 5.97 Å². The van der Waals surface area contributed by atoms with Gasteiger partial charge in [-0.3, -0.25) is 4.79 Å². The molecule has 142 valence electrons. The zero-order valence-electron chi connectivity index (χ0n) is 15.8. The topological polar surface area (TPSA) is 93.2 Å². The van der Waals surface area contributed by atoms with Crippen LogP contribution in [0.1, 0.15) is 32.0 Å². The number of hydrogen-bond acceptors (Lipinski definition) is 6. The number of carbonyl (C=O) groups excluding carboxylic acids is 2. The predicted octanol–water partition coefficient (Wildman–Crippen LogP) is 3.88. The first-order valence-electron chi connectivity index (χ1n) is 8.64. The second-order valence-electron chi connectivity index (χ2n) is 6.16. The van der Waals surface area contributed by atoms with Crippen LogP contribution in [0.25, 0.3) is 0 Å². The van der Waals surface area contributed by atoms with Crippen molar-refractivity contribution < 1.29 is 14.3 Å². The van der Waals surface area contributed by atoms with Crippen LogP contribution in [0.3, 0.4) is 0 Å². The summed E-state index contributed by atoms with van der Waals surface area (Å²) in [6.45, 7) is 3.94. The van der Waals surface area contributed by atoms with Crippen molar-refractivity contribution >= 4 is 29.2 Å². The third-order valence-corrected chi connectivity index (χ3v) is 4.30. The Kier molecular flexibility index (Phi) is 5.64. The van der Waals surface area contributed by atoms with Gasteiger partial charge in [-0.05, 0) is 61.4 Å². The van der Waals surface area contributed by atoms with E-state index in [1.54, 1.807) is 30.3 Å². The maximum Gasteiger partial charge on any atom is 0.337 e. The van der Waals surface area contributed by atoms with Crippen LogP contribution in [-0.4, -0.2) is 29.0 Å². The molecule has 1 aromatic heterocycles. The molecule has 0 radical (unpaired) electrons. The van der Waals surface area contributed by atoms with Crippen LogP contribution in [0.5, 0.6) is 0 Å². The number of amides is 1. The molecule has 2 aromatic carbocycles. The molecule has 0 aliphatic heterocycles. The van der Waals surface area contributed by atoms with Crippen LogP contribution in [0.2, 0.25) is 0 Å². The third-order valence-electron chi connectivity index (χ3n) is 4.30. The Balaban J connectivity index is 1.74. The summed E-state index contributed by atoms with van der Waals surface area (Å²) in [5, 5.41) is 5.89. The highest BCUT2D eigenvalue weighted by Crippen LogP contribution is 2.19. The van der Waals surface area contributed by atoms with E-state index in [0.29, 0.717) is 11.3 Å². The Bertz CT molecular complexity index is 1020. The van der Waals surface area contributed by atoms with E-state index in [1.165, 1.54) is 13.3 Å². The standard InChI is InChI=1S/C21H20N4O3/c1-13-5-4-6-17(14(13)2)24-19(26)18-11-12-22-21(25-18)23-16-9-7-15(8-10-16)20(27)28-3/h4-12H,1-3H3,(H,24,26)(H,22,23,25). The average Bonchev–Trinajstić information content (AvgIpc) is 2.71. The van der Waals surface area contributed by atoms with Gasteiger partial charge in [0.25, 0.3) is 5.91 Å². The molecular formula is C21H20N4O3. The Morgan fingerprint density at radius 1 is 1.00 bits per heavy atom. The largest absolute Gasteiger partial charge is 0.465 e. The number of hydrogen-bond donors (Lipinski definition) is 2. The lowest BCUT2D eigenvalue weighted by Crippen LogP contribution is -2.15. The molecule has 1 heterocycles. The highest BCUT2D eigenvalue weighted by molar-refractivity contribution is 6.03. The first-order valence-corrected chi connectivity index (χ1v) is 8.64. The number of carbonyl (C=O) groups is 2. The van der Waals surface area contributed by atoms with Crippen molar-refractivity contribution in [3.8, 4) is 0 Å². The van der Waals surface area contributed by atoms with Gasteiger partial charge < -0.3 is 15.4 Å². The molecular weight excluding hydrogens is 356 g/mol. The molecule has 0 aliphatic rings. The smallest absolute Gasteiger partial charge is 0.337 e. The van der Waals surface area contributed by atoms with Crippen molar-refractivity contribution in [2.45, 2.75) is 13.8 Å². The molecule has 0 aliphatic carbocycles. The van der Waals surface area contributed by atoms with Crippen molar-refractivity contribution in [1.29, 1.82) is 0 Å². The Hall–Kier alpha value is -3.74. The molecule has 0 bridgehead atoms. The van der Waals surface area contributed by atoms with Crippen LogP contribution in [0, 0.1) is 13.8 Å². The first-order chi connectivity index (χ1) is 13.5. The van der Waals surface area contributed by atoms with E-state index in [2.05, 4.69) is 25.3 Å². The fourth-order valence-corrected chi connectivity index (χ4v) is 2.55. The number of rotatable bonds is 5. The van der Waals surface area contributed by atoms with Crippen LogP contribution in [0.4, 0.5) is 17.3 Å². The number of nitrogens with zero attached hydrogens (tertiary/aromatic N) is 2. The van der Waals surface area contributed by atoms with Crippen LogP contribution in [0.15, 0.2) is 54.7 Å². The summed E-state index contributed by atoms with van der Waals surface area (Å²) in [7, 11) is 1.33. The second kappa shape index (κ2) is 8.30. The molecule has 0 spiro atoms. The molecule has 0 fully saturated rings. The van der Waals surface area contributed by atoms with E-state index in [-0.39, 0.29) is 17.5 Å². The fourth-order valence-electron chi connectivity index (χ4n) is 2.55. The summed E-state index contributed by atoms with van der Waals surface area (Å²) >= 11 is 0. The van der Waals surface area contributed by atoms with Crippen LogP contribution >= 0.6 is 0 Å². The number of esters is 1. The Labute approximate surface area is 162 Å². The highest BCUT2D eigenvalue weighted by Gasteiger charge is 2.12. The lowest BCUT2D eigenvalue weighted by Gasteiger charge is -2.11. The normalized spacial score (nSPS) is 10.2. The molecule has 3 rings (SSSR count). The molecule has 2 N–H and O–H groups in total. The number of ether oxygens (including phenoxy) is 1. The number of nitrogens with one attached hydrogen (secondary N) is 2. The molecule has 0 atom stereocenters. The maximum absolute atomic E-state index is 12.6. The summed E-state index contributed by atoms with van der Waals surface area (Å²) in [5.74, 6) is -0.451. The summed E-state index contributed by atoms with van der Waals surface area (Å²) in [6, 6.07) is 14.0. The van der Waals surface area contributed by atoms with Crippen molar-refractivity contribution in [2.75, 3.05) is 17.7 Å². The fraction of sp³-hybridized carbons (Fsp3) is 0.143. The Morgan fingerprint density at radius 2 is 1.75 bits per heavy atom. The quantitative estimate of drug-likeness (QED) is 0.657. The van der Waals surface area contributed by atoms with Crippen LogP contribution in [-0.2, 0) is 4.74 Å². The molecule has 0 unspecified atom stereocenters. The predicted molar refractivity (Wildman–Crippen MR) is 107 cm³/mol. The molecule has 28 heavy (non-hydrogen) atoms. The van der Waals surface area contributed by atoms with Gasteiger partial charge in [-0.1, -0.05) is 12.1 Å². The molecule has 0 saturated heterocycles. The third kappa shape index (κ3) is 4.32. The zero-order valence-corrected chi connectivity index (χ0v) is 15.8. The van der Waals surface area contributed by atoms with Gasteiger partial charge in [0.05, 0.1) is 12.7 Å². The molecule has 3 aromatic rings. The van der Waals surface area contributed by atoms with Crippen LogP contribution < -0.4 is 10.6 Å². The Morgan fingerprint density at radius 3 is 2.46 bits per heavy atom. The zero-order chi connectivity index (χ0) is 20.1. The van der Waals surface area contributed by atoms with Gasteiger partial charge in [-0.25, -0.2) is 14.8 Å². The van der Waals surface area contributed by atoms with Crippen molar-refractivity contribution in [2.24, 2.45) is 0 Å². The molecule has 1 amide bonds. The number of anilines is 3.